The van der Waals surface area contributed by atoms with Crippen molar-refractivity contribution in [3.63, 3.8) is 0 Å². The Morgan fingerprint density at radius 1 is 1.12 bits per heavy atom. The summed E-state index contributed by atoms with van der Waals surface area (Å²) in [5.74, 6) is -1.24. The van der Waals surface area contributed by atoms with Gasteiger partial charge in [0.15, 0.2) is 0 Å². The van der Waals surface area contributed by atoms with Crippen molar-refractivity contribution in [1.29, 1.82) is 0 Å². The van der Waals surface area contributed by atoms with Crippen LogP contribution in [-0.4, -0.2) is 35.0 Å². The van der Waals surface area contributed by atoms with Crippen LogP contribution in [0, 0.1) is 5.92 Å². The molecule has 24 heavy (non-hydrogen) atoms. The molecule has 0 aliphatic rings. The van der Waals surface area contributed by atoms with Gasteiger partial charge in [-0.05, 0) is 23.6 Å². The number of phenolic OH excluding ortho intramolecular Hbond substituents is 1. The summed E-state index contributed by atoms with van der Waals surface area (Å²) in [4.78, 5) is 35.2. The van der Waals surface area contributed by atoms with E-state index in [1.54, 1.807) is 19.1 Å². The summed E-state index contributed by atoms with van der Waals surface area (Å²) in [5.41, 5.74) is 11.2. The van der Waals surface area contributed by atoms with Crippen LogP contribution in [0.15, 0.2) is 24.3 Å². The average Bonchev–Trinajstić information content (AvgIpc) is 2.52. The maximum absolute atomic E-state index is 12.4. The molecule has 8 heteroatoms. The third-order valence-corrected chi connectivity index (χ3v) is 3.83. The number of rotatable bonds is 8. The van der Waals surface area contributed by atoms with E-state index in [-0.39, 0.29) is 18.1 Å². The van der Waals surface area contributed by atoms with E-state index < -0.39 is 29.9 Å². The van der Waals surface area contributed by atoms with E-state index in [2.05, 4.69) is 10.6 Å². The summed E-state index contributed by atoms with van der Waals surface area (Å²) < 4.78 is 0. The molecule has 0 radical (unpaired) electrons. The fourth-order valence-corrected chi connectivity index (χ4v) is 2.23. The molecule has 0 fully saturated rings. The minimum Gasteiger partial charge on any atom is -0.508 e. The summed E-state index contributed by atoms with van der Waals surface area (Å²) in [7, 11) is 0. The second-order valence-electron chi connectivity index (χ2n) is 5.71. The van der Waals surface area contributed by atoms with Crippen molar-refractivity contribution in [2.75, 3.05) is 0 Å². The highest BCUT2D eigenvalue weighted by molar-refractivity contribution is 5.91. The van der Waals surface area contributed by atoms with Gasteiger partial charge in [0.25, 0.3) is 0 Å². The monoisotopic (exact) mass is 336 g/mol. The van der Waals surface area contributed by atoms with E-state index in [0.717, 1.165) is 0 Å². The first-order valence-electron chi connectivity index (χ1n) is 7.68. The Hall–Kier alpha value is -2.77. The van der Waals surface area contributed by atoms with E-state index in [1.807, 2.05) is 6.92 Å². The van der Waals surface area contributed by atoms with Gasteiger partial charge in [-0.25, -0.2) is 4.79 Å². The maximum Gasteiger partial charge on any atom is 0.312 e. The van der Waals surface area contributed by atoms with Crippen LogP contribution in [-0.2, 0) is 16.0 Å². The van der Waals surface area contributed by atoms with Crippen molar-refractivity contribution in [3.05, 3.63) is 29.8 Å². The molecule has 7 N–H and O–H groups in total. The number of primary amides is 2. The largest absolute Gasteiger partial charge is 0.508 e. The normalized spacial score (nSPS) is 14.2. The van der Waals surface area contributed by atoms with Gasteiger partial charge in [0.2, 0.25) is 11.8 Å². The van der Waals surface area contributed by atoms with Gasteiger partial charge in [-0.2, -0.15) is 0 Å². The third-order valence-electron chi connectivity index (χ3n) is 3.83. The zero-order chi connectivity index (χ0) is 18.3. The standard InChI is InChI=1S/C16H24N4O4/c1-3-9(2)13(14(17)22)20-15(23)12(19-16(18)24)8-10-4-6-11(21)7-5-10/h4-7,9,12-13,21H,3,8H2,1-2H3,(H2,17,22)(H,20,23)(H3,18,19,24)/t9-,12-,13-/m0/s1. The molecule has 0 aliphatic carbocycles. The lowest BCUT2D eigenvalue weighted by Crippen LogP contribution is -2.56. The van der Waals surface area contributed by atoms with Crippen LogP contribution >= 0.6 is 0 Å². The molecule has 1 rings (SSSR count). The number of hydrogen-bond acceptors (Lipinski definition) is 4. The number of hydrogen-bond donors (Lipinski definition) is 5. The van der Waals surface area contributed by atoms with Crippen molar-refractivity contribution >= 4 is 17.8 Å². The molecule has 0 spiro atoms. The van der Waals surface area contributed by atoms with Gasteiger partial charge in [0.1, 0.15) is 17.8 Å². The second-order valence-corrected chi connectivity index (χ2v) is 5.71. The molecule has 0 bridgehead atoms. The Balaban J connectivity index is 2.89. The van der Waals surface area contributed by atoms with Crippen LogP contribution in [0.25, 0.3) is 0 Å². The van der Waals surface area contributed by atoms with Crippen molar-refractivity contribution in [1.82, 2.24) is 10.6 Å². The minimum atomic E-state index is -0.960. The van der Waals surface area contributed by atoms with Crippen molar-refractivity contribution in [2.24, 2.45) is 17.4 Å². The quantitative estimate of drug-likeness (QED) is 0.454. The summed E-state index contributed by atoms with van der Waals surface area (Å²) in [5, 5.41) is 14.2. The number of aromatic hydroxyl groups is 1. The van der Waals surface area contributed by atoms with Gasteiger partial charge in [-0.3, -0.25) is 9.59 Å². The highest BCUT2D eigenvalue weighted by Crippen LogP contribution is 2.12. The smallest absolute Gasteiger partial charge is 0.312 e. The first kappa shape index (κ1) is 19.3. The summed E-state index contributed by atoms with van der Waals surface area (Å²) in [6, 6.07) is 3.54. The fourth-order valence-electron chi connectivity index (χ4n) is 2.23. The Labute approximate surface area is 140 Å². The molecule has 0 aromatic heterocycles. The summed E-state index contributed by atoms with van der Waals surface area (Å²) >= 11 is 0. The van der Waals surface area contributed by atoms with Gasteiger partial charge in [-0.1, -0.05) is 32.4 Å². The number of amides is 4. The average molecular weight is 336 g/mol. The zero-order valence-corrected chi connectivity index (χ0v) is 13.8. The van der Waals surface area contributed by atoms with Gasteiger partial charge in [-0.15, -0.1) is 0 Å². The molecule has 0 heterocycles. The number of phenols is 1. The Morgan fingerprint density at radius 2 is 1.71 bits per heavy atom. The van der Waals surface area contributed by atoms with E-state index >= 15 is 0 Å². The molecule has 0 saturated carbocycles. The number of nitrogens with two attached hydrogens (primary N) is 2. The highest BCUT2D eigenvalue weighted by Gasteiger charge is 2.28. The van der Waals surface area contributed by atoms with E-state index in [9.17, 15) is 19.5 Å². The van der Waals surface area contributed by atoms with Crippen LogP contribution < -0.4 is 22.1 Å². The lowest BCUT2D eigenvalue weighted by molar-refractivity contribution is -0.129. The van der Waals surface area contributed by atoms with Gasteiger partial charge < -0.3 is 27.2 Å². The van der Waals surface area contributed by atoms with Gasteiger partial charge in [0, 0.05) is 6.42 Å². The van der Waals surface area contributed by atoms with E-state index in [1.165, 1.54) is 12.1 Å². The predicted molar refractivity (Wildman–Crippen MR) is 88.9 cm³/mol. The van der Waals surface area contributed by atoms with E-state index in [4.69, 9.17) is 11.5 Å². The van der Waals surface area contributed by atoms with Crippen LogP contribution in [0.5, 0.6) is 5.75 Å². The predicted octanol–water partition coefficient (Wildman–Crippen LogP) is -0.0122. The van der Waals surface area contributed by atoms with Gasteiger partial charge in [0.05, 0.1) is 0 Å². The van der Waals surface area contributed by atoms with Gasteiger partial charge >= 0.3 is 6.03 Å². The van der Waals surface area contributed by atoms with Crippen molar-refractivity contribution in [3.8, 4) is 5.75 Å². The molecule has 1 aromatic rings. The molecule has 1 aromatic carbocycles. The molecule has 0 saturated heterocycles. The molecular weight excluding hydrogens is 312 g/mol. The molecule has 3 atom stereocenters. The fraction of sp³-hybridized carbons (Fsp3) is 0.438. The number of carbonyl (C=O) groups excluding carboxylic acids is 3. The zero-order valence-electron chi connectivity index (χ0n) is 13.8. The summed E-state index contributed by atoms with van der Waals surface area (Å²) in [6.45, 7) is 3.68. The van der Waals surface area contributed by atoms with Crippen LogP contribution in [0.1, 0.15) is 25.8 Å². The van der Waals surface area contributed by atoms with Crippen molar-refractivity contribution in [2.45, 2.75) is 38.8 Å². The Morgan fingerprint density at radius 3 is 2.17 bits per heavy atom. The third kappa shape index (κ3) is 5.79. The molecule has 0 aliphatic heterocycles. The molecule has 8 nitrogen and oxygen atoms in total. The first-order chi connectivity index (χ1) is 11.2. The first-order valence-corrected chi connectivity index (χ1v) is 7.68. The molecule has 4 amide bonds. The minimum absolute atomic E-state index is 0.0909. The van der Waals surface area contributed by atoms with E-state index in [0.29, 0.717) is 12.0 Å². The molecular formula is C16H24N4O4. The number of nitrogens with one attached hydrogen (secondary N) is 2. The van der Waals surface area contributed by atoms with Crippen molar-refractivity contribution < 1.29 is 19.5 Å². The Bertz CT molecular complexity index is 588. The highest BCUT2D eigenvalue weighted by atomic mass is 16.3. The lowest BCUT2D eigenvalue weighted by Gasteiger charge is -2.24. The number of carbonyl (C=O) groups is 3. The SMILES string of the molecule is CC[C@H](C)[C@H](NC(=O)[C@H](Cc1ccc(O)cc1)NC(N)=O)C(N)=O. The number of urea groups is 1. The lowest BCUT2D eigenvalue weighted by atomic mass is 9.97. The maximum atomic E-state index is 12.4. The molecule has 132 valence electrons. The number of benzene rings is 1. The molecule has 0 unspecified atom stereocenters. The topological polar surface area (TPSA) is 148 Å². The Kier molecular flexibility index (Phi) is 7.03. The van der Waals surface area contributed by atoms with Crippen LogP contribution in [0.3, 0.4) is 0 Å². The second kappa shape index (κ2) is 8.76. The van der Waals surface area contributed by atoms with Crippen LogP contribution in [0.4, 0.5) is 4.79 Å². The summed E-state index contributed by atoms with van der Waals surface area (Å²) in [6.07, 6.45) is 0.806. The van der Waals surface area contributed by atoms with Crippen LogP contribution in [0.2, 0.25) is 0 Å².